The Hall–Kier alpha value is -3.36. The lowest BCUT2D eigenvalue weighted by Gasteiger charge is -2.30. The van der Waals surface area contributed by atoms with Crippen molar-refractivity contribution in [1.29, 1.82) is 0 Å². The van der Waals surface area contributed by atoms with E-state index in [0.717, 1.165) is 43.7 Å². The standard InChI is InChI=1S/C29H38F2N2O5/c1-29(2,3)38-28(35)32-14-15-33(27(34)21-8-6-5-7-9-21)18-20-10-13-25(26(16-20)36-4)37-19-22-11-12-23(30)17-24(22)31/h10-13,16-17,21H,5-9,14-15,18-19H2,1-4H3,(H,32,35). The molecular weight excluding hydrogens is 494 g/mol. The van der Waals surface area contributed by atoms with Gasteiger partial charge in [0, 0.05) is 37.2 Å². The molecule has 0 spiro atoms. The van der Waals surface area contributed by atoms with Crippen LogP contribution in [0.4, 0.5) is 13.6 Å². The second kappa shape index (κ2) is 13.4. The summed E-state index contributed by atoms with van der Waals surface area (Å²) >= 11 is 0. The van der Waals surface area contributed by atoms with Gasteiger partial charge in [-0.2, -0.15) is 0 Å². The third-order valence-electron chi connectivity index (χ3n) is 6.32. The Morgan fingerprint density at radius 1 is 1.03 bits per heavy atom. The Labute approximate surface area is 223 Å². The van der Waals surface area contributed by atoms with E-state index in [-0.39, 0.29) is 30.5 Å². The lowest BCUT2D eigenvalue weighted by atomic mass is 9.88. The molecule has 0 aliphatic heterocycles. The molecule has 0 atom stereocenters. The molecule has 2 aromatic rings. The summed E-state index contributed by atoms with van der Waals surface area (Å²) in [4.78, 5) is 27.3. The molecule has 208 valence electrons. The first-order valence-corrected chi connectivity index (χ1v) is 13.0. The van der Waals surface area contributed by atoms with Gasteiger partial charge in [0.05, 0.1) is 7.11 Å². The second-order valence-corrected chi connectivity index (χ2v) is 10.5. The van der Waals surface area contributed by atoms with Crippen molar-refractivity contribution >= 4 is 12.0 Å². The van der Waals surface area contributed by atoms with Crippen LogP contribution in [0.5, 0.6) is 11.5 Å². The number of halogens is 2. The molecule has 0 unspecified atom stereocenters. The van der Waals surface area contributed by atoms with Gasteiger partial charge in [-0.25, -0.2) is 13.6 Å². The maximum atomic E-state index is 14.0. The van der Waals surface area contributed by atoms with Crippen molar-refractivity contribution in [2.24, 2.45) is 5.92 Å². The summed E-state index contributed by atoms with van der Waals surface area (Å²) in [6, 6.07) is 8.63. The van der Waals surface area contributed by atoms with Gasteiger partial charge in [-0.05, 0) is 63.4 Å². The highest BCUT2D eigenvalue weighted by Crippen LogP contribution is 2.31. The van der Waals surface area contributed by atoms with Crippen molar-refractivity contribution < 1.29 is 32.6 Å². The molecule has 1 aliphatic rings. The van der Waals surface area contributed by atoms with Crippen molar-refractivity contribution in [2.45, 2.75) is 71.6 Å². The number of carbonyl (C=O) groups excluding carboxylic acids is 2. The number of alkyl carbamates (subject to hydrolysis) is 1. The smallest absolute Gasteiger partial charge is 0.407 e. The molecule has 1 N–H and O–H groups in total. The number of nitrogens with zero attached hydrogens (tertiary/aromatic N) is 1. The van der Waals surface area contributed by atoms with Gasteiger partial charge in [0.2, 0.25) is 5.91 Å². The predicted octanol–water partition coefficient (Wildman–Crippen LogP) is 5.99. The highest BCUT2D eigenvalue weighted by molar-refractivity contribution is 5.79. The van der Waals surface area contributed by atoms with E-state index in [1.807, 2.05) is 6.07 Å². The summed E-state index contributed by atoms with van der Waals surface area (Å²) in [5, 5.41) is 2.73. The minimum Gasteiger partial charge on any atom is -0.493 e. The summed E-state index contributed by atoms with van der Waals surface area (Å²) in [5.74, 6) is -0.458. The van der Waals surface area contributed by atoms with Gasteiger partial charge in [-0.3, -0.25) is 4.79 Å². The zero-order valence-electron chi connectivity index (χ0n) is 22.6. The fourth-order valence-corrected chi connectivity index (χ4v) is 4.43. The molecular formula is C29H38F2N2O5. The van der Waals surface area contributed by atoms with E-state index in [4.69, 9.17) is 14.2 Å². The maximum Gasteiger partial charge on any atom is 0.407 e. The van der Waals surface area contributed by atoms with Gasteiger partial charge < -0.3 is 24.4 Å². The van der Waals surface area contributed by atoms with Crippen molar-refractivity contribution in [3.8, 4) is 11.5 Å². The number of amides is 2. The largest absolute Gasteiger partial charge is 0.493 e. The molecule has 38 heavy (non-hydrogen) atoms. The van der Waals surface area contributed by atoms with Gasteiger partial charge in [0.1, 0.15) is 23.8 Å². The van der Waals surface area contributed by atoms with Gasteiger partial charge >= 0.3 is 6.09 Å². The summed E-state index contributed by atoms with van der Waals surface area (Å²) in [7, 11) is 1.50. The Bertz CT molecular complexity index is 1100. The first-order chi connectivity index (χ1) is 18.1. The molecule has 0 heterocycles. The molecule has 2 amide bonds. The first-order valence-electron chi connectivity index (χ1n) is 13.0. The maximum absolute atomic E-state index is 14.0. The summed E-state index contributed by atoms with van der Waals surface area (Å²) < 4.78 is 43.7. The molecule has 0 saturated heterocycles. The van der Waals surface area contributed by atoms with Gasteiger partial charge in [0.15, 0.2) is 11.5 Å². The number of carbonyl (C=O) groups is 2. The van der Waals surface area contributed by atoms with Crippen molar-refractivity contribution in [3.63, 3.8) is 0 Å². The summed E-state index contributed by atoms with van der Waals surface area (Å²) in [6.07, 6.45) is 4.42. The van der Waals surface area contributed by atoms with Crippen LogP contribution in [-0.4, -0.2) is 42.7 Å². The molecule has 7 nitrogen and oxygen atoms in total. The number of nitrogens with one attached hydrogen (secondary N) is 1. The van der Waals surface area contributed by atoms with Crippen molar-refractivity contribution in [2.75, 3.05) is 20.2 Å². The number of rotatable bonds is 10. The molecule has 0 radical (unpaired) electrons. The topological polar surface area (TPSA) is 77.1 Å². The quantitative estimate of drug-likeness (QED) is 0.407. The van der Waals surface area contributed by atoms with Crippen LogP contribution in [-0.2, 0) is 22.7 Å². The van der Waals surface area contributed by atoms with E-state index < -0.39 is 23.3 Å². The van der Waals surface area contributed by atoms with Crippen LogP contribution < -0.4 is 14.8 Å². The SMILES string of the molecule is COc1cc(CN(CCNC(=O)OC(C)(C)C)C(=O)C2CCCCC2)ccc1OCc1ccc(F)cc1F. The summed E-state index contributed by atoms with van der Waals surface area (Å²) in [5.41, 5.74) is 0.438. The van der Waals surface area contributed by atoms with Crippen LogP contribution in [0.2, 0.25) is 0 Å². The average Bonchev–Trinajstić information content (AvgIpc) is 2.87. The van der Waals surface area contributed by atoms with E-state index in [9.17, 15) is 18.4 Å². The van der Waals surface area contributed by atoms with Gasteiger partial charge in [-0.1, -0.05) is 25.3 Å². The first kappa shape index (κ1) is 29.2. The normalized spacial score (nSPS) is 14.1. The number of hydrogen-bond donors (Lipinski definition) is 1. The molecule has 1 aliphatic carbocycles. The Morgan fingerprint density at radius 3 is 2.42 bits per heavy atom. The van der Waals surface area contributed by atoms with E-state index in [0.29, 0.717) is 24.6 Å². The van der Waals surface area contributed by atoms with Crippen molar-refractivity contribution in [3.05, 3.63) is 59.2 Å². The van der Waals surface area contributed by atoms with Crippen LogP contribution >= 0.6 is 0 Å². The minimum atomic E-state index is -0.683. The zero-order valence-corrected chi connectivity index (χ0v) is 22.6. The molecule has 1 saturated carbocycles. The van der Waals surface area contributed by atoms with Crippen LogP contribution in [0.3, 0.4) is 0 Å². The minimum absolute atomic E-state index is 0.0274. The van der Waals surface area contributed by atoms with Crippen LogP contribution in [0.1, 0.15) is 64.0 Å². The van der Waals surface area contributed by atoms with Crippen LogP contribution in [0, 0.1) is 17.6 Å². The lowest BCUT2D eigenvalue weighted by molar-refractivity contribution is -0.137. The third kappa shape index (κ3) is 8.89. The number of benzene rings is 2. The fraction of sp³-hybridized carbons (Fsp3) is 0.517. The fourth-order valence-electron chi connectivity index (χ4n) is 4.43. The third-order valence-corrected chi connectivity index (χ3v) is 6.32. The van der Waals surface area contributed by atoms with E-state index >= 15 is 0 Å². The van der Waals surface area contributed by atoms with Crippen molar-refractivity contribution in [1.82, 2.24) is 10.2 Å². The Kier molecular flexibility index (Phi) is 10.3. The molecule has 1 fully saturated rings. The van der Waals surface area contributed by atoms with Gasteiger partial charge in [0.25, 0.3) is 0 Å². The predicted molar refractivity (Wildman–Crippen MR) is 140 cm³/mol. The highest BCUT2D eigenvalue weighted by atomic mass is 19.1. The molecule has 3 rings (SSSR count). The zero-order chi connectivity index (χ0) is 27.7. The lowest BCUT2D eigenvalue weighted by Crippen LogP contribution is -2.42. The highest BCUT2D eigenvalue weighted by Gasteiger charge is 2.26. The average molecular weight is 533 g/mol. The molecule has 0 aromatic heterocycles. The number of methoxy groups -OCH3 is 1. The molecule has 2 aromatic carbocycles. The number of ether oxygens (including phenoxy) is 3. The summed E-state index contributed by atoms with van der Waals surface area (Å²) in [6.45, 7) is 6.21. The van der Waals surface area contributed by atoms with E-state index in [2.05, 4.69) is 5.32 Å². The van der Waals surface area contributed by atoms with Gasteiger partial charge in [-0.15, -0.1) is 0 Å². The van der Waals surface area contributed by atoms with Crippen LogP contribution in [0.25, 0.3) is 0 Å². The van der Waals surface area contributed by atoms with Crippen LogP contribution in [0.15, 0.2) is 36.4 Å². The monoisotopic (exact) mass is 532 g/mol. The molecule has 0 bridgehead atoms. The second-order valence-electron chi connectivity index (χ2n) is 10.5. The van der Waals surface area contributed by atoms with E-state index in [1.54, 1.807) is 37.8 Å². The number of hydrogen-bond acceptors (Lipinski definition) is 5. The Morgan fingerprint density at radius 2 is 1.76 bits per heavy atom. The Balaban J connectivity index is 1.69. The van der Waals surface area contributed by atoms with E-state index in [1.165, 1.54) is 19.2 Å². The molecule has 9 heteroatoms.